The molecule has 2 aromatic carbocycles. The van der Waals surface area contributed by atoms with Crippen LogP contribution in [-0.2, 0) is 6.54 Å². The van der Waals surface area contributed by atoms with Crippen molar-refractivity contribution in [3.8, 4) is 17.1 Å². The summed E-state index contributed by atoms with van der Waals surface area (Å²) in [5.41, 5.74) is 3.32. The van der Waals surface area contributed by atoms with Crippen molar-refractivity contribution in [2.45, 2.75) is 13.5 Å². The number of fused-ring (bicyclic) bond motifs is 1. The van der Waals surface area contributed by atoms with Crippen LogP contribution in [0.3, 0.4) is 0 Å². The largest absolute Gasteiger partial charge is 0.497 e. The molecule has 0 radical (unpaired) electrons. The van der Waals surface area contributed by atoms with Crippen molar-refractivity contribution in [1.29, 1.82) is 0 Å². The molecule has 0 spiro atoms. The minimum atomic E-state index is 0.864. The molecule has 0 aliphatic carbocycles. The summed E-state index contributed by atoms with van der Waals surface area (Å²) in [6.07, 6.45) is 0. The van der Waals surface area contributed by atoms with Crippen LogP contribution in [0.4, 0.5) is 0 Å². The lowest BCUT2D eigenvalue weighted by molar-refractivity contribution is 0.415. The number of hydrogen-bond acceptors (Lipinski definition) is 2. The van der Waals surface area contributed by atoms with Gasteiger partial charge in [0.05, 0.1) is 18.1 Å². The Morgan fingerprint density at radius 3 is 2.47 bits per heavy atom. The number of aryl methyl sites for hydroxylation is 1. The zero-order chi connectivity index (χ0) is 13.2. The van der Waals surface area contributed by atoms with Gasteiger partial charge in [-0.15, -0.1) is 0 Å². The van der Waals surface area contributed by atoms with Crippen LogP contribution < -0.4 is 4.74 Å². The van der Waals surface area contributed by atoms with E-state index in [1.165, 1.54) is 5.52 Å². The summed E-state index contributed by atoms with van der Waals surface area (Å²) in [7, 11) is 1.68. The van der Waals surface area contributed by atoms with E-state index in [4.69, 9.17) is 9.72 Å². The van der Waals surface area contributed by atoms with Crippen molar-refractivity contribution < 1.29 is 4.74 Å². The molecule has 0 unspecified atom stereocenters. The fourth-order valence-corrected chi connectivity index (χ4v) is 2.36. The highest BCUT2D eigenvalue weighted by molar-refractivity contribution is 5.80. The fourth-order valence-electron chi connectivity index (χ4n) is 2.36. The van der Waals surface area contributed by atoms with Crippen molar-refractivity contribution in [2.75, 3.05) is 7.11 Å². The first-order valence-corrected chi connectivity index (χ1v) is 6.43. The van der Waals surface area contributed by atoms with E-state index in [2.05, 4.69) is 23.6 Å². The smallest absolute Gasteiger partial charge is 0.141 e. The molecule has 1 heterocycles. The standard InChI is InChI=1S/C16H16N2O/c1-3-18-15-7-5-4-6-14(15)17-16(18)12-8-10-13(19-2)11-9-12/h4-11H,3H2,1-2H3. The van der Waals surface area contributed by atoms with Gasteiger partial charge in [0.25, 0.3) is 0 Å². The van der Waals surface area contributed by atoms with Gasteiger partial charge >= 0.3 is 0 Å². The number of aromatic nitrogens is 2. The zero-order valence-corrected chi connectivity index (χ0v) is 11.1. The second kappa shape index (κ2) is 4.76. The molecule has 0 aliphatic heterocycles. The SMILES string of the molecule is CCn1c(-c2ccc(OC)cc2)nc2ccccc21. The topological polar surface area (TPSA) is 27.1 Å². The third-order valence-corrected chi connectivity index (χ3v) is 3.32. The van der Waals surface area contributed by atoms with Gasteiger partial charge in [-0.3, -0.25) is 0 Å². The highest BCUT2D eigenvalue weighted by Crippen LogP contribution is 2.26. The van der Waals surface area contributed by atoms with E-state index in [1.807, 2.05) is 36.4 Å². The Kier molecular flexibility index (Phi) is 2.95. The Labute approximate surface area is 112 Å². The monoisotopic (exact) mass is 252 g/mol. The normalized spacial score (nSPS) is 10.8. The summed E-state index contributed by atoms with van der Waals surface area (Å²) in [6, 6.07) is 16.3. The number of hydrogen-bond donors (Lipinski definition) is 0. The molecule has 0 saturated heterocycles. The van der Waals surface area contributed by atoms with E-state index >= 15 is 0 Å². The average Bonchev–Trinajstić information content (AvgIpc) is 2.85. The summed E-state index contributed by atoms with van der Waals surface area (Å²) >= 11 is 0. The Morgan fingerprint density at radius 2 is 1.79 bits per heavy atom. The molecular formula is C16H16N2O. The van der Waals surface area contributed by atoms with E-state index in [9.17, 15) is 0 Å². The Bertz CT molecular complexity index is 698. The van der Waals surface area contributed by atoms with Gasteiger partial charge in [0.2, 0.25) is 0 Å². The van der Waals surface area contributed by atoms with Crippen LogP contribution in [0.1, 0.15) is 6.92 Å². The fraction of sp³-hybridized carbons (Fsp3) is 0.188. The van der Waals surface area contributed by atoms with E-state index in [0.717, 1.165) is 29.2 Å². The summed E-state index contributed by atoms with van der Waals surface area (Å²) in [5, 5.41) is 0. The molecule has 0 bridgehead atoms. The molecule has 0 fully saturated rings. The van der Waals surface area contributed by atoms with E-state index in [0.29, 0.717) is 0 Å². The first-order valence-electron chi connectivity index (χ1n) is 6.43. The van der Waals surface area contributed by atoms with Crippen LogP contribution in [-0.4, -0.2) is 16.7 Å². The van der Waals surface area contributed by atoms with Gasteiger partial charge in [0.15, 0.2) is 0 Å². The number of methoxy groups -OCH3 is 1. The third kappa shape index (κ3) is 1.97. The van der Waals surface area contributed by atoms with Crippen molar-refractivity contribution in [3.63, 3.8) is 0 Å². The molecule has 0 saturated carbocycles. The highest BCUT2D eigenvalue weighted by Gasteiger charge is 2.10. The molecule has 3 aromatic rings. The molecule has 3 rings (SSSR count). The van der Waals surface area contributed by atoms with Crippen LogP contribution in [0.5, 0.6) is 5.75 Å². The van der Waals surface area contributed by atoms with Crippen LogP contribution in [0.2, 0.25) is 0 Å². The van der Waals surface area contributed by atoms with Gasteiger partial charge in [-0.25, -0.2) is 4.98 Å². The molecule has 0 aliphatic rings. The Balaban J connectivity index is 2.17. The van der Waals surface area contributed by atoms with Crippen LogP contribution in [0, 0.1) is 0 Å². The maximum absolute atomic E-state index is 5.19. The lowest BCUT2D eigenvalue weighted by Gasteiger charge is -2.06. The number of para-hydroxylation sites is 2. The summed E-state index contributed by atoms with van der Waals surface area (Å²) in [4.78, 5) is 4.73. The second-order valence-corrected chi connectivity index (χ2v) is 4.40. The minimum Gasteiger partial charge on any atom is -0.497 e. The molecule has 3 nitrogen and oxygen atoms in total. The predicted octanol–water partition coefficient (Wildman–Crippen LogP) is 3.73. The van der Waals surface area contributed by atoms with Crippen LogP contribution in [0.15, 0.2) is 48.5 Å². The van der Waals surface area contributed by atoms with Crippen LogP contribution in [0.25, 0.3) is 22.4 Å². The molecule has 0 N–H and O–H groups in total. The van der Waals surface area contributed by atoms with Gasteiger partial charge in [-0.2, -0.15) is 0 Å². The first-order chi connectivity index (χ1) is 9.33. The Morgan fingerprint density at radius 1 is 1.05 bits per heavy atom. The quantitative estimate of drug-likeness (QED) is 0.710. The molecule has 96 valence electrons. The molecule has 19 heavy (non-hydrogen) atoms. The van der Waals surface area contributed by atoms with E-state index in [-0.39, 0.29) is 0 Å². The summed E-state index contributed by atoms with van der Waals surface area (Å²) in [6.45, 7) is 3.04. The Hall–Kier alpha value is -2.29. The minimum absolute atomic E-state index is 0.864. The average molecular weight is 252 g/mol. The molecule has 0 atom stereocenters. The predicted molar refractivity (Wildman–Crippen MR) is 77.4 cm³/mol. The first kappa shape index (κ1) is 11.8. The highest BCUT2D eigenvalue weighted by atomic mass is 16.5. The second-order valence-electron chi connectivity index (χ2n) is 4.40. The lowest BCUT2D eigenvalue weighted by Crippen LogP contribution is -1.97. The molecule has 0 amide bonds. The van der Waals surface area contributed by atoms with Gasteiger partial charge in [-0.05, 0) is 43.3 Å². The van der Waals surface area contributed by atoms with Gasteiger partial charge in [0.1, 0.15) is 11.6 Å². The van der Waals surface area contributed by atoms with E-state index in [1.54, 1.807) is 7.11 Å². The zero-order valence-electron chi connectivity index (χ0n) is 11.1. The maximum atomic E-state index is 5.19. The van der Waals surface area contributed by atoms with Gasteiger partial charge in [0, 0.05) is 12.1 Å². The van der Waals surface area contributed by atoms with Gasteiger partial charge < -0.3 is 9.30 Å². The summed E-state index contributed by atoms with van der Waals surface area (Å²) in [5.74, 6) is 1.87. The molecule has 1 aromatic heterocycles. The number of ether oxygens (including phenoxy) is 1. The summed E-state index contributed by atoms with van der Waals surface area (Å²) < 4.78 is 7.43. The van der Waals surface area contributed by atoms with Crippen molar-refractivity contribution in [1.82, 2.24) is 9.55 Å². The third-order valence-electron chi connectivity index (χ3n) is 3.32. The lowest BCUT2D eigenvalue weighted by atomic mass is 10.2. The molecule has 3 heteroatoms. The molecular weight excluding hydrogens is 236 g/mol. The number of imidazole rings is 1. The number of rotatable bonds is 3. The van der Waals surface area contributed by atoms with Crippen molar-refractivity contribution in [2.24, 2.45) is 0 Å². The maximum Gasteiger partial charge on any atom is 0.141 e. The number of nitrogens with zero attached hydrogens (tertiary/aromatic N) is 2. The van der Waals surface area contributed by atoms with Gasteiger partial charge in [-0.1, -0.05) is 12.1 Å². The number of benzene rings is 2. The van der Waals surface area contributed by atoms with Crippen LogP contribution >= 0.6 is 0 Å². The van der Waals surface area contributed by atoms with E-state index < -0.39 is 0 Å². The van der Waals surface area contributed by atoms with Crippen molar-refractivity contribution in [3.05, 3.63) is 48.5 Å². The van der Waals surface area contributed by atoms with Crippen molar-refractivity contribution >= 4 is 11.0 Å².